The van der Waals surface area contributed by atoms with Gasteiger partial charge < -0.3 is 0 Å². The average Bonchev–Trinajstić information content (AvgIpc) is 2.23. The zero-order valence-corrected chi connectivity index (χ0v) is 9.22. The Bertz CT molecular complexity index is 446. The van der Waals surface area contributed by atoms with Gasteiger partial charge in [-0.2, -0.15) is 0 Å². The van der Waals surface area contributed by atoms with Crippen LogP contribution in [0.2, 0.25) is 0 Å². The number of hydrogen-bond acceptors (Lipinski definition) is 1. The Kier molecular flexibility index (Phi) is 2.78. The first kappa shape index (κ1) is 9.60. The molecule has 14 heavy (non-hydrogen) atoms. The Labute approximate surface area is 90.4 Å². The van der Waals surface area contributed by atoms with Gasteiger partial charge >= 0.3 is 0 Å². The molecule has 0 aromatic heterocycles. The second kappa shape index (κ2) is 4.05. The van der Waals surface area contributed by atoms with Crippen LogP contribution in [0.3, 0.4) is 0 Å². The van der Waals surface area contributed by atoms with Crippen molar-refractivity contribution in [3.8, 4) is 0 Å². The molecule has 2 aromatic rings. The van der Waals surface area contributed by atoms with Gasteiger partial charge in [-0.1, -0.05) is 43.7 Å². The van der Waals surface area contributed by atoms with Gasteiger partial charge in [0.1, 0.15) is 0 Å². The topological polar surface area (TPSA) is 0 Å². The smallest absolute Gasteiger partial charge is 0.00784 e. The van der Waals surface area contributed by atoms with Crippen molar-refractivity contribution >= 4 is 23.4 Å². The van der Waals surface area contributed by atoms with Crippen LogP contribution in [0, 0.1) is 0 Å². The van der Waals surface area contributed by atoms with Crippen LogP contribution < -0.4 is 0 Å². The quantitative estimate of drug-likeness (QED) is 0.697. The first-order chi connectivity index (χ1) is 6.83. The normalized spacial score (nSPS) is 10.7. The minimum absolute atomic E-state index is 1.11. The number of rotatable bonds is 2. The molecule has 2 rings (SSSR count). The highest BCUT2D eigenvalue weighted by atomic mass is 32.1. The number of aryl methyl sites for hydroxylation is 1. The molecule has 0 nitrogen and oxygen atoms in total. The van der Waals surface area contributed by atoms with Crippen molar-refractivity contribution < 1.29 is 0 Å². The van der Waals surface area contributed by atoms with Crippen molar-refractivity contribution in [1.29, 1.82) is 0 Å². The zero-order valence-electron chi connectivity index (χ0n) is 8.33. The van der Waals surface area contributed by atoms with Gasteiger partial charge in [-0.25, -0.2) is 0 Å². The van der Waals surface area contributed by atoms with Gasteiger partial charge in [0.2, 0.25) is 0 Å². The van der Waals surface area contributed by atoms with E-state index in [0.717, 1.165) is 11.3 Å². The van der Waals surface area contributed by atoms with Crippen molar-refractivity contribution in [3.05, 3.63) is 42.0 Å². The first-order valence-corrected chi connectivity index (χ1v) is 5.47. The van der Waals surface area contributed by atoms with Crippen LogP contribution in [0.25, 0.3) is 10.8 Å². The van der Waals surface area contributed by atoms with E-state index >= 15 is 0 Å². The van der Waals surface area contributed by atoms with E-state index in [0.29, 0.717) is 0 Å². The van der Waals surface area contributed by atoms with Crippen molar-refractivity contribution in [3.63, 3.8) is 0 Å². The molecule has 0 N–H and O–H groups in total. The van der Waals surface area contributed by atoms with Crippen LogP contribution in [-0.4, -0.2) is 0 Å². The van der Waals surface area contributed by atoms with Gasteiger partial charge in [0.05, 0.1) is 0 Å². The fourth-order valence-corrected chi connectivity index (χ4v) is 2.14. The molecule has 0 spiro atoms. The Morgan fingerprint density at radius 1 is 1.07 bits per heavy atom. The maximum atomic E-state index is 4.51. The second-order valence-corrected chi connectivity index (χ2v) is 4.02. The number of benzene rings is 2. The standard InChI is InChI=1S/C13H14S/c1-2-5-12-11-7-4-3-6-10(11)8-9-13(12)14/h3-4,6-9,14H,2,5H2,1H3. The highest BCUT2D eigenvalue weighted by molar-refractivity contribution is 7.80. The Morgan fingerprint density at radius 2 is 1.86 bits per heavy atom. The SMILES string of the molecule is CCCc1c(S)ccc2ccccc12. The molecule has 72 valence electrons. The van der Waals surface area contributed by atoms with E-state index in [1.807, 2.05) is 0 Å². The summed E-state index contributed by atoms with van der Waals surface area (Å²) in [7, 11) is 0. The molecular formula is C13H14S. The largest absolute Gasteiger partial charge is 0.143 e. The van der Waals surface area contributed by atoms with Gasteiger partial charge in [-0.3, -0.25) is 0 Å². The molecular weight excluding hydrogens is 188 g/mol. The molecule has 0 atom stereocenters. The lowest BCUT2D eigenvalue weighted by molar-refractivity contribution is 0.911. The van der Waals surface area contributed by atoms with Crippen LogP contribution in [0.5, 0.6) is 0 Å². The van der Waals surface area contributed by atoms with Crippen molar-refractivity contribution in [1.82, 2.24) is 0 Å². The number of hydrogen-bond donors (Lipinski definition) is 1. The molecule has 0 saturated carbocycles. The fourth-order valence-electron chi connectivity index (χ4n) is 1.84. The van der Waals surface area contributed by atoms with Gasteiger partial charge in [-0.05, 0) is 28.8 Å². The summed E-state index contributed by atoms with van der Waals surface area (Å²) in [5.41, 5.74) is 1.38. The summed E-state index contributed by atoms with van der Waals surface area (Å²) in [6.45, 7) is 2.20. The van der Waals surface area contributed by atoms with E-state index in [4.69, 9.17) is 0 Å². The molecule has 0 radical (unpaired) electrons. The molecule has 0 fully saturated rings. The summed E-state index contributed by atoms with van der Waals surface area (Å²) < 4.78 is 0. The van der Waals surface area contributed by atoms with Crippen LogP contribution in [-0.2, 0) is 6.42 Å². The molecule has 1 heteroatoms. The van der Waals surface area contributed by atoms with E-state index in [-0.39, 0.29) is 0 Å². The lowest BCUT2D eigenvalue weighted by atomic mass is 10.0. The molecule has 0 bridgehead atoms. The predicted octanol–water partition coefficient (Wildman–Crippen LogP) is 4.08. The fraction of sp³-hybridized carbons (Fsp3) is 0.231. The summed E-state index contributed by atoms with van der Waals surface area (Å²) in [6.07, 6.45) is 2.28. The van der Waals surface area contributed by atoms with Gasteiger partial charge in [0.15, 0.2) is 0 Å². The third kappa shape index (κ3) is 1.64. The molecule has 0 aliphatic heterocycles. The zero-order chi connectivity index (χ0) is 9.97. The highest BCUT2D eigenvalue weighted by Gasteiger charge is 2.03. The van der Waals surface area contributed by atoms with Crippen LogP contribution in [0.15, 0.2) is 41.3 Å². The average molecular weight is 202 g/mol. The molecule has 0 heterocycles. The third-order valence-electron chi connectivity index (χ3n) is 2.52. The maximum Gasteiger partial charge on any atom is 0.00784 e. The summed E-state index contributed by atoms with van der Waals surface area (Å²) >= 11 is 4.51. The molecule has 0 aliphatic rings. The summed E-state index contributed by atoms with van der Waals surface area (Å²) in [5.74, 6) is 0. The Morgan fingerprint density at radius 3 is 2.64 bits per heavy atom. The lowest BCUT2D eigenvalue weighted by Gasteiger charge is -2.08. The van der Waals surface area contributed by atoms with E-state index in [1.54, 1.807) is 0 Å². The van der Waals surface area contributed by atoms with E-state index in [2.05, 4.69) is 56.0 Å². The summed E-state index contributed by atoms with van der Waals surface area (Å²) in [6, 6.07) is 12.7. The molecule has 2 aromatic carbocycles. The summed E-state index contributed by atoms with van der Waals surface area (Å²) in [4.78, 5) is 1.12. The summed E-state index contributed by atoms with van der Waals surface area (Å²) in [5, 5.41) is 2.66. The monoisotopic (exact) mass is 202 g/mol. The first-order valence-electron chi connectivity index (χ1n) is 5.02. The van der Waals surface area contributed by atoms with Crippen molar-refractivity contribution in [2.24, 2.45) is 0 Å². The van der Waals surface area contributed by atoms with Crippen LogP contribution in [0.1, 0.15) is 18.9 Å². The van der Waals surface area contributed by atoms with Crippen molar-refractivity contribution in [2.75, 3.05) is 0 Å². The maximum absolute atomic E-state index is 4.51. The van der Waals surface area contributed by atoms with Crippen LogP contribution in [0.4, 0.5) is 0 Å². The van der Waals surface area contributed by atoms with Crippen LogP contribution >= 0.6 is 12.6 Å². The van der Waals surface area contributed by atoms with Gasteiger partial charge in [0.25, 0.3) is 0 Å². The third-order valence-corrected chi connectivity index (χ3v) is 2.93. The van der Waals surface area contributed by atoms with E-state index < -0.39 is 0 Å². The van der Waals surface area contributed by atoms with E-state index in [1.165, 1.54) is 22.8 Å². The Balaban J connectivity index is 2.69. The highest BCUT2D eigenvalue weighted by Crippen LogP contribution is 2.25. The second-order valence-electron chi connectivity index (χ2n) is 3.53. The molecule has 0 unspecified atom stereocenters. The van der Waals surface area contributed by atoms with E-state index in [9.17, 15) is 0 Å². The number of fused-ring (bicyclic) bond motifs is 1. The lowest BCUT2D eigenvalue weighted by Crippen LogP contribution is -1.88. The van der Waals surface area contributed by atoms with Crippen molar-refractivity contribution in [2.45, 2.75) is 24.7 Å². The Hall–Kier alpha value is -0.950. The molecule has 0 amide bonds. The molecule has 0 saturated heterocycles. The number of thiol groups is 1. The van der Waals surface area contributed by atoms with Gasteiger partial charge in [-0.15, -0.1) is 12.6 Å². The minimum Gasteiger partial charge on any atom is -0.143 e. The molecule has 0 aliphatic carbocycles. The predicted molar refractivity (Wildman–Crippen MR) is 65.2 cm³/mol. The minimum atomic E-state index is 1.11. The van der Waals surface area contributed by atoms with Gasteiger partial charge in [0, 0.05) is 4.90 Å².